The average molecular weight is 206 g/mol. The van der Waals surface area contributed by atoms with Gasteiger partial charge in [-0.15, -0.1) is 0 Å². The van der Waals surface area contributed by atoms with E-state index in [2.05, 4.69) is 0 Å². The fourth-order valence-corrected chi connectivity index (χ4v) is 2.66. The van der Waals surface area contributed by atoms with E-state index >= 15 is 0 Å². The lowest BCUT2D eigenvalue weighted by Gasteiger charge is -2.36. The number of rotatable bonds is 2. The van der Waals surface area contributed by atoms with E-state index in [0.717, 1.165) is 0 Å². The van der Waals surface area contributed by atoms with E-state index in [1.165, 1.54) is 0 Å². The highest BCUT2D eigenvalue weighted by Gasteiger charge is 2.64. The molecule has 1 aliphatic carbocycles. The number of hydrogen-bond donors (Lipinski definition) is 0. The molecule has 2 unspecified atom stereocenters. The van der Waals surface area contributed by atoms with Gasteiger partial charge in [0, 0.05) is 0 Å². The van der Waals surface area contributed by atoms with E-state index in [1.54, 1.807) is 0 Å². The Kier molecular flexibility index (Phi) is 2.07. The van der Waals surface area contributed by atoms with Crippen LogP contribution in [0, 0.1) is 10.8 Å². The van der Waals surface area contributed by atoms with Gasteiger partial charge in [0.1, 0.15) is 10.8 Å². The highest BCUT2D eigenvalue weighted by molar-refractivity contribution is 6.04. The molecule has 80 valence electrons. The molecule has 2 atom stereocenters. The normalized spacial score (nSPS) is 38.0. The number of ether oxygens (including phenoxy) is 1. The minimum atomic E-state index is -0.770. The van der Waals surface area contributed by atoms with Crippen LogP contribution in [0.5, 0.6) is 0 Å². The van der Waals surface area contributed by atoms with Crippen LogP contribution in [0.2, 0.25) is 0 Å². The van der Waals surface area contributed by atoms with E-state index in [-0.39, 0.29) is 0 Å². The molecule has 0 aromatic carbocycles. The van der Waals surface area contributed by atoms with Gasteiger partial charge in [0.25, 0.3) is 0 Å². The topological polar surface area (TPSA) is 43.4 Å². The van der Waals surface area contributed by atoms with Crippen molar-refractivity contribution >= 4 is 11.9 Å². The van der Waals surface area contributed by atoms with E-state index in [0.29, 0.717) is 12.8 Å². The van der Waals surface area contributed by atoms with Crippen molar-refractivity contribution in [2.75, 3.05) is 0 Å². The van der Waals surface area contributed by atoms with Gasteiger partial charge in [-0.2, -0.15) is 0 Å². The van der Waals surface area contributed by atoms with Crippen molar-refractivity contribution in [3.63, 3.8) is 0 Å². The fraction of sp³-hybridized carbons (Fsp3) is 0.500. The summed E-state index contributed by atoms with van der Waals surface area (Å²) in [7, 11) is 0. The molecule has 1 heterocycles. The third-order valence-electron chi connectivity index (χ3n) is 3.70. The van der Waals surface area contributed by atoms with E-state index in [1.807, 2.05) is 38.2 Å². The van der Waals surface area contributed by atoms with Crippen LogP contribution in [0.25, 0.3) is 0 Å². The summed E-state index contributed by atoms with van der Waals surface area (Å²) in [5.74, 6) is -0.810. The lowest BCUT2D eigenvalue weighted by atomic mass is 9.60. The maximum absolute atomic E-state index is 11.8. The summed E-state index contributed by atoms with van der Waals surface area (Å²) in [6.45, 7) is 3.82. The van der Waals surface area contributed by atoms with Crippen LogP contribution in [-0.4, -0.2) is 11.9 Å². The van der Waals surface area contributed by atoms with Crippen molar-refractivity contribution in [3.8, 4) is 0 Å². The fourth-order valence-electron chi connectivity index (χ4n) is 2.66. The Morgan fingerprint density at radius 3 is 1.73 bits per heavy atom. The van der Waals surface area contributed by atoms with Gasteiger partial charge in [-0.3, -0.25) is 9.59 Å². The maximum atomic E-state index is 11.8. The van der Waals surface area contributed by atoms with Crippen molar-refractivity contribution in [1.82, 2.24) is 0 Å². The van der Waals surface area contributed by atoms with Gasteiger partial charge in [-0.05, 0) is 12.8 Å². The smallest absolute Gasteiger partial charge is 0.325 e. The first kappa shape index (κ1) is 10.1. The van der Waals surface area contributed by atoms with Crippen LogP contribution in [0.15, 0.2) is 24.3 Å². The number of fused-ring (bicyclic) bond motifs is 1. The number of carbonyl (C=O) groups is 2. The molecule has 0 spiro atoms. The molecule has 1 saturated heterocycles. The minimum Gasteiger partial charge on any atom is -0.392 e. The van der Waals surface area contributed by atoms with E-state index < -0.39 is 22.8 Å². The molecule has 0 bridgehead atoms. The van der Waals surface area contributed by atoms with Crippen LogP contribution >= 0.6 is 0 Å². The molecule has 1 aliphatic heterocycles. The second-order valence-electron chi connectivity index (χ2n) is 4.05. The van der Waals surface area contributed by atoms with Gasteiger partial charge in [0.05, 0.1) is 0 Å². The number of cyclic esters (lactones) is 2. The Bertz CT molecular complexity index is 344. The third-order valence-corrected chi connectivity index (χ3v) is 3.70. The summed E-state index contributed by atoms with van der Waals surface area (Å²) in [5, 5.41) is 0. The van der Waals surface area contributed by atoms with Gasteiger partial charge in [-0.1, -0.05) is 38.2 Å². The third kappa shape index (κ3) is 0.954. The quantitative estimate of drug-likeness (QED) is 0.512. The average Bonchev–Trinajstić information content (AvgIpc) is 2.49. The van der Waals surface area contributed by atoms with E-state index in [9.17, 15) is 9.59 Å². The van der Waals surface area contributed by atoms with Crippen LogP contribution in [0.1, 0.15) is 26.7 Å². The van der Waals surface area contributed by atoms with Crippen LogP contribution in [0.3, 0.4) is 0 Å². The molecule has 3 heteroatoms. The zero-order valence-corrected chi connectivity index (χ0v) is 8.95. The summed E-state index contributed by atoms with van der Waals surface area (Å²) in [6.07, 6.45) is 8.43. The largest absolute Gasteiger partial charge is 0.392 e. The molecule has 0 aromatic rings. The highest BCUT2D eigenvalue weighted by atomic mass is 16.6. The summed E-state index contributed by atoms with van der Waals surface area (Å²) in [6, 6.07) is 0. The predicted octanol–water partition coefficient (Wildman–Crippen LogP) is 1.99. The Balaban J connectivity index is 2.63. The Hall–Kier alpha value is -1.38. The first-order chi connectivity index (χ1) is 7.13. The molecule has 0 saturated carbocycles. The molecule has 2 aliphatic rings. The molecule has 1 fully saturated rings. The second kappa shape index (κ2) is 3.05. The van der Waals surface area contributed by atoms with Crippen LogP contribution in [0.4, 0.5) is 0 Å². The molecule has 0 N–H and O–H groups in total. The highest BCUT2D eigenvalue weighted by Crippen LogP contribution is 2.55. The first-order valence-corrected chi connectivity index (χ1v) is 5.27. The maximum Gasteiger partial charge on any atom is 0.325 e. The van der Waals surface area contributed by atoms with Crippen LogP contribution in [-0.2, 0) is 14.3 Å². The molecule has 0 radical (unpaired) electrons. The lowest BCUT2D eigenvalue weighted by molar-refractivity contribution is -0.155. The second-order valence-corrected chi connectivity index (χ2v) is 4.05. The summed E-state index contributed by atoms with van der Waals surface area (Å²) >= 11 is 0. The molecule has 15 heavy (non-hydrogen) atoms. The summed E-state index contributed by atoms with van der Waals surface area (Å²) in [4.78, 5) is 23.6. The van der Waals surface area contributed by atoms with Crippen molar-refractivity contribution in [2.24, 2.45) is 10.8 Å². The molecular weight excluding hydrogens is 192 g/mol. The van der Waals surface area contributed by atoms with Gasteiger partial charge in [0.15, 0.2) is 0 Å². The SMILES string of the molecule is CCC12C=CC=CC1(CC)C(=O)OC2=O. The van der Waals surface area contributed by atoms with Gasteiger partial charge in [-0.25, -0.2) is 0 Å². The zero-order chi connectivity index (χ0) is 11.1. The van der Waals surface area contributed by atoms with Gasteiger partial charge >= 0.3 is 11.9 Å². The molecule has 2 rings (SSSR count). The Labute approximate surface area is 88.8 Å². The Morgan fingerprint density at radius 1 is 1.00 bits per heavy atom. The van der Waals surface area contributed by atoms with Crippen LogP contribution < -0.4 is 0 Å². The number of carbonyl (C=O) groups excluding carboxylic acids is 2. The van der Waals surface area contributed by atoms with E-state index in [4.69, 9.17) is 4.74 Å². The number of hydrogen-bond acceptors (Lipinski definition) is 3. The van der Waals surface area contributed by atoms with Gasteiger partial charge in [0.2, 0.25) is 0 Å². The van der Waals surface area contributed by atoms with Gasteiger partial charge < -0.3 is 4.74 Å². The zero-order valence-electron chi connectivity index (χ0n) is 8.95. The van der Waals surface area contributed by atoms with Crippen molar-refractivity contribution in [2.45, 2.75) is 26.7 Å². The number of esters is 2. The van der Waals surface area contributed by atoms with Crippen molar-refractivity contribution in [1.29, 1.82) is 0 Å². The summed E-state index contributed by atoms with van der Waals surface area (Å²) in [5.41, 5.74) is -1.54. The number of allylic oxidation sites excluding steroid dienone is 2. The van der Waals surface area contributed by atoms with Crippen molar-refractivity contribution in [3.05, 3.63) is 24.3 Å². The molecular formula is C12H14O3. The Morgan fingerprint density at radius 2 is 1.40 bits per heavy atom. The van der Waals surface area contributed by atoms with Crippen molar-refractivity contribution < 1.29 is 14.3 Å². The summed E-state index contributed by atoms with van der Waals surface area (Å²) < 4.78 is 4.82. The monoisotopic (exact) mass is 206 g/mol. The molecule has 0 amide bonds. The predicted molar refractivity (Wildman–Crippen MR) is 54.8 cm³/mol. The molecule has 3 nitrogen and oxygen atoms in total. The molecule has 0 aromatic heterocycles. The minimum absolute atomic E-state index is 0.405. The first-order valence-electron chi connectivity index (χ1n) is 5.27. The standard InChI is InChI=1S/C12H14O3/c1-3-11-7-5-6-8-12(11,4-2)10(14)15-9(11)13/h5-8H,3-4H2,1-2H3. The lowest BCUT2D eigenvalue weighted by Crippen LogP contribution is -2.42.